The van der Waals surface area contributed by atoms with Gasteiger partial charge in [-0.15, -0.1) is 0 Å². The van der Waals surface area contributed by atoms with Gasteiger partial charge in [-0.1, -0.05) is 18.2 Å². The second-order valence-corrected chi connectivity index (χ2v) is 6.18. The first-order valence-electron chi connectivity index (χ1n) is 7.41. The number of anilines is 1. The Balaban J connectivity index is 2.76. The molecule has 2 aromatic rings. The summed E-state index contributed by atoms with van der Waals surface area (Å²) in [5.41, 5.74) is 0.274. The molecule has 2 rings (SSSR count). The summed E-state index contributed by atoms with van der Waals surface area (Å²) in [5.74, 6) is -0.993. The minimum Gasteiger partial charge on any atom is -0.465 e. The Morgan fingerprint density at radius 1 is 1.04 bits per heavy atom. The fraction of sp³-hybridized carbons (Fsp3) is 0.353. The summed E-state index contributed by atoms with van der Waals surface area (Å²) in [5, 5.41) is 7.51. The van der Waals surface area contributed by atoms with E-state index in [0.717, 1.165) is 0 Å². The standard InChI is InChI=1S/C17H21N3O4/c1-17(2,3)18-14-12(15(21)23-4)13(16(22)24-5)19-20(14)11-9-7-6-8-10-11/h6-10,18H,1-5H3. The van der Waals surface area contributed by atoms with Crippen LogP contribution in [-0.4, -0.2) is 41.5 Å². The van der Waals surface area contributed by atoms with Crippen LogP contribution >= 0.6 is 0 Å². The van der Waals surface area contributed by atoms with Crippen molar-refractivity contribution in [2.24, 2.45) is 0 Å². The molecule has 0 atom stereocenters. The van der Waals surface area contributed by atoms with Crippen molar-refractivity contribution >= 4 is 17.8 Å². The highest BCUT2D eigenvalue weighted by Crippen LogP contribution is 2.28. The summed E-state index contributed by atoms with van der Waals surface area (Å²) in [6, 6.07) is 9.19. The van der Waals surface area contributed by atoms with E-state index in [9.17, 15) is 9.59 Å². The van der Waals surface area contributed by atoms with Crippen molar-refractivity contribution in [1.29, 1.82) is 0 Å². The van der Waals surface area contributed by atoms with E-state index in [2.05, 4.69) is 10.4 Å². The Bertz CT molecular complexity index is 745. The molecule has 1 N–H and O–H groups in total. The van der Waals surface area contributed by atoms with Crippen LogP contribution in [0.5, 0.6) is 0 Å². The summed E-state index contributed by atoms with van der Waals surface area (Å²) >= 11 is 0. The van der Waals surface area contributed by atoms with Gasteiger partial charge in [-0.3, -0.25) is 0 Å². The first-order valence-corrected chi connectivity index (χ1v) is 7.41. The van der Waals surface area contributed by atoms with Gasteiger partial charge >= 0.3 is 11.9 Å². The zero-order valence-electron chi connectivity index (χ0n) is 14.4. The highest BCUT2D eigenvalue weighted by atomic mass is 16.5. The Hall–Kier alpha value is -2.83. The molecule has 7 nitrogen and oxygen atoms in total. The molecule has 0 bridgehead atoms. The van der Waals surface area contributed by atoms with E-state index in [0.29, 0.717) is 11.5 Å². The van der Waals surface area contributed by atoms with E-state index >= 15 is 0 Å². The number of nitrogens with zero attached hydrogens (tertiary/aromatic N) is 2. The quantitative estimate of drug-likeness (QED) is 0.867. The molecule has 24 heavy (non-hydrogen) atoms. The lowest BCUT2D eigenvalue weighted by atomic mass is 10.1. The number of esters is 2. The van der Waals surface area contributed by atoms with Crippen molar-refractivity contribution in [3.05, 3.63) is 41.6 Å². The highest BCUT2D eigenvalue weighted by molar-refractivity contribution is 6.05. The minimum absolute atomic E-state index is 0.0446. The maximum absolute atomic E-state index is 12.3. The van der Waals surface area contributed by atoms with E-state index in [4.69, 9.17) is 9.47 Å². The molecule has 1 heterocycles. The topological polar surface area (TPSA) is 82.5 Å². The van der Waals surface area contributed by atoms with E-state index in [1.165, 1.54) is 18.9 Å². The monoisotopic (exact) mass is 331 g/mol. The molecule has 0 radical (unpaired) electrons. The van der Waals surface area contributed by atoms with Crippen LogP contribution in [0.4, 0.5) is 5.82 Å². The Morgan fingerprint density at radius 2 is 1.62 bits per heavy atom. The van der Waals surface area contributed by atoms with Gasteiger partial charge in [-0.05, 0) is 32.9 Å². The van der Waals surface area contributed by atoms with Crippen LogP contribution in [0.3, 0.4) is 0 Å². The lowest BCUT2D eigenvalue weighted by molar-refractivity contribution is 0.0552. The Kier molecular flexibility index (Phi) is 4.92. The van der Waals surface area contributed by atoms with Gasteiger partial charge in [0.1, 0.15) is 11.4 Å². The maximum atomic E-state index is 12.3. The number of ether oxygens (including phenoxy) is 2. The number of hydrogen-bond acceptors (Lipinski definition) is 6. The average molecular weight is 331 g/mol. The van der Waals surface area contributed by atoms with Crippen molar-refractivity contribution < 1.29 is 19.1 Å². The fourth-order valence-electron chi connectivity index (χ4n) is 2.18. The average Bonchev–Trinajstić information content (AvgIpc) is 2.91. The van der Waals surface area contributed by atoms with Crippen LogP contribution < -0.4 is 5.32 Å². The maximum Gasteiger partial charge on any atom is 0.359 e. The van der Waals surface area contributed by atoms with E-state index < -0.39 is 11.9 Å². The number of para-hydroxylation sites is 1. The molecule has 0 aliphatic heterocycles. The van der Waals surface area contributed by atoms with Crippen LogP contribution in [-0.2, 0) is 9.47 Å². The minimum atomic E-state index is -0.706. The lowest BCUT2D eigenvalue weighted by Crippen LogP contribution is -2.29. The third kappa shape index (κ3) is 3.56. The second-order valence-electron chi connectivity index (χ2n) is 6.18. The SMILES string of the molecule is COC(=O)c1nn(-c2ccccc2)c(NC(C)(C)C)c1C(=O)OC. The van der Waals surface area contributed by atoms with Gasteiger partial charge in [0.2, 0.25) is 0 Å². The smallest absolute Gasteiger partial charge is 0.359 e. The van der Waals surface area contributed by atoms with Gasteiger partial charge in [0, 0.05) is 5.54 Å². The zero-order chi connectivity index (χ0) is 17.9. The fourth-order valence-corrected chi connectivity index (χ4v) is 2.18. The van der Waals surface area contributed by atoms with E-state index in [1.54, 1.807) is 0 Å². The number of rotatable bonds is 4. The lowest BCUT2D eigenvalue weighted by Gasteiger charge is -2.23. The third-order valence-electron chi connectivity index (χ3n) is 3.15. The molecule has 0 spiro atoms. The number of benzene rings is 1. The molecule has 0 amide bonds. The number of nitrogens with one attached hydrogen (secondary N) is 1. The molecule has 0 saturated carbocycles. The number of hydrogen-bond donors (Lipinski definition) is 1. The van der Waals surface area contributed by atoms with Crippen molar-refractivity contribution in [3.63, 3.8) is 0 Å². The number of carbonyl (C=O) groups excluding carboxylic acids is 2. The predicted octanol–water partition coefficient (Wildman–Crippen LogP) is 2.66. The van der Waals surface area contributed by atoms with Crippen molar-refractivity contribution in [1.82, 2.24) is 9.78 Å². The molecule has 7 heteroatoms. The molecule has 0 aliphatic carbocycles. The highest BCUT2D eigenvalue weighted by Gasteiger charge is 2.31. The normalized spacial score (nSPS) is 11.0. The predicted molar refractivity (Wildman–Crippen MR) is 89.6 cm³/mol. The zero-order valence-corrected chi connectivity index (χ0v) is 14.4. The van der Waals surface area contributed by atoms with Crippen LogP contribution in [0.15, 0.2) is 30.3 Å². The molecule has 1 aromatic carbocycles. The second kappa shape index (κ2) is 6.74. The van der Waals surface area contributed by atoms with Crippen molar-refractivity contribution in [2.45, 2.75) is 26.3 Å². The molecule has 1 aromatic heterocycles. The summed E-state index contributed by atoms with van der Waals surface area (Å²) in [6.45, 7) is 5.82. The van der Waals surface area contributed by atoms with Gasteiger partial charge in [0.05, 0.1) is 19.9 Å². The van der Waals surface area contributed by atoms with Gasteiger partial charge < -0.3 is 14.8 Å². The summed E-state index contributed by atoms with van der Waals surface area (Å²) < 4.78 is 11.1. The molecule has 0 saturated heterocycles. The summed E-state index contributed by atoms with van der Waals surface area (Å²) in [7, 11) is 2.49. The van der Waals surface area contributed by atoms with Crippen LogP contribution in [0.25, 0.3) is 5.69 Å². The van der Waals surface area contributed by atoms with Crippen molar-refractivity contribution in [2.75, 3.05) is 19.5 Å². The molecule has 0 aliphatic rings. The number of carbonyl (C=O) groups is 2. The van der Waals surface area contributed by atoms with Gasteiger partial charge in [-0.2, -0.15) is 5.10 Å². The molecule has 0 unspecified atom stereocenters. The van der Waals surface area contributed by atoms with E-state index in [-0.39, 0.29) is 16.8 Å². The van der Waals surface area contributed by atoms with Gasteiger partial charge in [0.15, 0.2) is 5.69 Å². The van der Waals surface area contributed by atoms with Gasteiger partial charge in [-0.25, -0.2) is 14.3 Å². The van der Waals surface area contributed by atoms with E-state index in [1.807, 2.05) is 51.1 Å². The van der Waals surface area contributed by atoms with Crippen LogP contribution in [0.1, 0.15) is 41.6 Å². The Labute approximate surface area is 140 Å². The van der Waals surface area contributed by atoms with Crippen LogP contribution in [0, 0.1) is 0 Å². The molecule has 128 valence electrons. The third-order valence-corrected chi connectivity index (χ3v) is 3.15. The molecular formula is C17H21N3O4. The van der Waals surface area contributed by atoms with Crippen LogP contribution in [0.2, 0.25) is 0 Å². The molecular weight excluding hydrogens is 310 g/mol. The first kappa shape index (κ1) is 17.5. The largest absolute Gasteiger partial charge is 0.465 e. The molecule has 0 fully saturated rings. The summed E-state index contributed by atoms with van der Waals surface area (Å²) in [6.07, 6.45) is 0. The van der Waals surface area contributed by atoms with Gasteiger partial charge in [0.25, 0.3) is 0 Å². The first-order chi connectivity index (χ1) is 11.3. The Morgan fingerprint density at radius 3 is 2.12 bits per heavy atom. The number of methoxy groups -OCH3 is 2. The summed E-state index contributed by atoms with van der Waals surface area (Å²) in [4.78, 5) is 24.4. The number of aromatic nitrogens is 2. The van der Waals surface area contributed by atoms with Crippen molar-refractivity contribution in [3.8, 4) is 5.69 Å².